The second-order valence-corrected chi connectivity index (χ2v) is 4.04. The number of nitrogens with zero attached hydrogens (tertiary/aromatic N) is 1. The molecule has 4 heteroatoms. The molecule has 2 rings (SSSR count). The van der Waals surface area contributed by atoms with Crippen molar-refractivity contribution < 1.29 is 14.3 Å². The molecule has 0 spiro atoms. The Balaban J connectivity index is 2.40. The van der Waals surface area contributed by atoms with E-state index in [1.54, 1.807) is 31.2 Å². The Morgan fingerprint density at radius 1 is 1.39 bits per heavy atom. The van der Waals surface area contributed by atoms with Crippen LogP contribution in [0, 0.1) is 12.7 Å². The zero-order valence-electron chi connectivity index (χ0n) is 9.85. The number of carbonyl (C=O) groups is 1. The summed E-state index contributed by atoms with van der Waals surface area (Å²) in [5, 5.41) is 8.72. The van der Waals surface area contributed by atoms with Crippen molar-refractivity contribution in [3.8, 4) is 11.1 Å². The van der Waals surface area contributed by atoms with E-state index in [0.717, 1.165) is 5.56 Å². The molecule has 0 aliphatic heterocycles. The van der Waals surface area contributed by atoms with Gasteiger partial charge in [0.15, 0.2) is 0 Å². The lowest BCUT2D eigenvalue weighted by molar-refractivity contribution is -0.136. The molecule has 0 amide bonds. The highest BCUT2D eigenvalue weighted by molar-refractivity contribution is 5.71. The van der Waals surface area contributed by atoms with Crippen LogP contribution in [-0.2, 0) is 11.2 Å². The van der Waals surface area contributed by atoms with Crippen LogP contribution in [0.2, 0.25) is 0 Å². The van der Waals surface area contributed by atoms with Crippen molar-refractivity contribution in [1.29, 1.82) is 0 Å². The van der Waals surface area contributed by atoms with Crippen LogP contribution in [0.3, 0.4) is 0 Å². The third kappa shape index (κ3) is 2.53. The summed E-state index contributed by atoms with van der Waals surface area (Å²) < 4.78 is 13.6. The quantitative estimate of drug-likeness (QED) is 0.904. The Bertz CT molecular complexity index is 596. The van der Waals surface area contributed by atoms with Crippen LogP contribution >= 0.6 is 0 Å². The molecule has 1 aromatic carbocycles. The van der Waals surface area contributed by atoms with Gasteiger partial charge in [-0.1, -0.05) is 18.2 Å². The van der Waals surface area contributed by atoms with Gasteiger partial charge in [-0.15, -0.1) is 0 Å². The maximum atomic E-state index is 13.6. The van der Waals surface area contributed by atoms with Gasteiger partial charge in [0, 0.05) is 17.3 Å². The molecule has 0 radical (unpaired) electrons. The number of aryl methyl sites for hydroxylation is 1. The number of hydrogen-bond donors (Lipinski definition) is 1. The third-order valence-electron chi connectivity index (χ3n) is 2.69. The zero-order valence-corrected chi connectivity index (χ0v) is 9.85. The number of aliphatic carboxylic acids is 1. The van der Waals surface area contributed by atoms with Crippen LogP contribution in [0.5, 0.6) is 0 Å². The minimum absolute atomic E-state index is 0.122. The van der Waals surface area contributed by atoms with Crippen LogP contribution in [0.1, 0.15) is 11.3 Å². The average molecular weight is 245 g/mol. The highest BCUT2D eigenvalue weighted by Crippen LogP contribution is 2.23. The first-order valence-electron chi connectivity index (χ1n) is 5.50. The number of hydrogen-bond acceptors (Lipinski definition) is 2. The fourth-order valence-corrected chi connectivity index (χ4v) is 1.77. The van der Waals surface area contributed by atoms with E-state index in [1.807, 2.05) is 0 Å². The van der Waals surface area contributed by atoms with Crippen LogP contribution in [0.25, 0.3) is 11.1 Å². The third-order valence-corrected chi connectivity index (χ3v) is 2.69. The molecule has 18 heavy (non-hydrogen) atoms. The summed E-state index contributed by atoms with van der Waals surface area (Å²) in [7, 11) is 0. The van der Waals surface area contributed by atoms with Crippen molar-refractivity contribution in [2.75, 3.05) is 0 Å². The molecule has 0 bridgehead atoms. The molecule has 1 N–H and O–H groups in total. The number of rotatable bonds is 3. The minimum atomic E-state index is -0.927. The van der Waals surface area contributed by atoms with E-state index < -0.39 is 5.97 Å². The molecule has 0 saturated carbocycles. The first-order chi connectivity index (χ1) is 8.58. The fraction of sp³-hybridized carbons (Fsp3) is 0.143. The van der Waals surface area contributed by atoms with Crippen molar-refractivity contribution in [3.63, 3.8) is 0 Å². The lowest BCUT2D eigenvalue weighted by atomic mass is 10.0. The average Bonchev–Trinajstić information content (AvgIpc) is 2.32. The van der Waals surface area contributed by atoms with Gasteiger partial charge in [-0.3, -0.25) is 9.78 Å². The molecule has 1 aromatic heterocycles. The zero-order chi connectivity index (χ0) is 13.1. The van der Waals surface area contributed by atoms with Crippen LogP contribution in [0.15, 0.2) is 36.5 Å². The topological polar surface area (TPSA) is 50.2 Å². The van der Waals surface area contributed by atoms with E-state index in [1.165, 1.54) is 12.3 Å². The van der Waals surface area contributed by atoms with E-state index in [0.29, 0.717) is 16.8 Å². The first-order valence-corrected chi connectivity index (χ1v) is 5.50. The second-order valence-electron chi connectivity index (χ2n) is 4.04. The largest absolute Gasteiger partial charge is 0.481 e. The Morgan fingerprint density at radius 2 is 2.11 bits per heavy atom. The summed E-state index contributed by atoms with van der Waals surface area (Å²) in [6, 6.07) is 8.18. The van der Waals surface area contributed by atoms with Crippen molar-refractivity contribution >= 4 is 5.97 Å². The predicted molar refractivity (Wildman–Crippen MR) is 65.7 cm³/mol. The highest BCUT2D eigenvalue weighted by Gasteiger charge is 2.09. The molecular formula is C14H12FNO2. The summed E-state index contributed by atoms with van der Waals surface area (Å²) in [5.41, 5.74) is 2.37. The number of halogens is 1. The van der Waals surface area contributed by atoms with Gasteiger partial charge in [-0.2, -0.15) is 0 Å². The summed E-state index contributed by atoms with van der Waals surface area (Å²) >= 11 is 0. The number of carboxylic acid groups (broad SMARTS) is 1. The highest BCUT2D eigenvalue weighted by atomic mass is 19.1. The smallest absolute Gasteiger partial charge is 0.309 e. The normalized spacial score (nSPS) is 10.3. The summed E-state index contributed by atoms with van der Waals surface area (Å²) in [6.45, 7) is 1.77. The van der Waals surface area contributed by atoms with Gasteiger partial charge in [0.2, 0.25) is 0 Å². The maximum absolute atomic E-state index is 13.6. The monoisotopic (exact) mass is 245 g/mol. The van der Waals surface area contributed by atoms with Gasteiger partial charge in [0.1, 0.15) is 5.82 Å². The van der Waals surface area contributed by atoms with Crippen LogP contribution in [0.4, 0.5) is 4.39 Å². The molecule has 0 atom stereocenters. The summed E-state index contributed by atoms with van der Waals surface area (Å²) in [5.74, 6) is -1.24. The van der Waals surface area contributed by atoms with Gasteiger partial charge < -0.3 is 5.11 Å². The van der Waals surface area contributed by atoms with Crippen molar-refractivity contribution in [3.05, 3.63) is 53.6 Å². The van der Waals surface area contributed by atoms with Crippen molar-refractivity contribution in [2.45, 2.75) is 13.3 Å². The van der Waals surface area contributed by atoms with Gasteiger partial charge in [0.25, 0.3) is 0 Å². The van der Waals surface area contributed by atoms with Crippen LogP contribution < -0.4 is 0 Å². The van der Waals surface area contributed by atoms with E-state index in [2.05, 4.69) is 4.98 Å². The summed E-state index contributed by atoms with van der Waals surface area (Å²) in [4.78, 5) is 14.7. The van der Waals surface area contributed by atoms with E-state index in [9.17, 15) is 9.18 Å². The van der Waals surface area contributed by atoms with E-state index in [-0.39, 0.29) is 12.2 Å². The number of pyridine rings is 1. The molecule has 3 nitrogen and oxygen atoms in total. The standard InChI is InChI=1S/C14H12FNO2/c1-9-6-10(8-16-13(9)7-14(17)18)11-4-2-3-5-12(11)15/h2-6,8H,7H2,1H3,(H,17,18). The van der Waals surface area contributed by atoms with Gasteiger partial charge in [-0.05, 0) is 24.6 Å². The maximum Gasteiger partial charge on any atom is 0.309 e. The molecule has 0 aliphatic rings. The first kappa shape index (κ1) is 12.2. The Hall–Kier alpha value is -2.23. The molecule has 0 saturated heterocycles. The van der Waals surface area contributed by atoms with Crippen molar-refractivity contribution in [2.24, 2.45) is 0 Å². The summed E-state index contributed by atoms with van der Waals surface area (Å²) in [6.07, 6.45) is 1.38. The lowest BCUT2D eigenvalue weighted by Crippen LogP contribution is -2.04. The molecule has 1 heterocycles. The number of carboxylic acids is 1. The molecule has 0 aliphatic carbocycles. The molecule has 0 unspecified atom stereocenters. The molecule has 92 valence electrons. The Kier molecular flexibility index (Phi) is 3.37. The second kappa shape index (κ2) is 4.96. The Labute approximate surface area is 104 Å². The van der Waals surface area contributed by atoms with Gasteiger partial charge in [0.05, 0.1) is 12.1 Å². The minimum Gasteiger partial charge on any atom is -0.481 e. The molecule has 2 aromatic rings. The lowest BCUT2D eigenvalue weighted by Gasteiger charge is -2.07. The number of benzene rings is 1. The number of aromatic nitrogens is 1. The van der Waals surface area contributed by atoms with E-state index >= 15 is 0 Å². The SMILES string of the molecule is Cc1cc(-c2ccccc2F)cnc1CC(=O)O. The van der Waals surface area contributed by atoms with E-state index in [4.69, 9.17) is 5.11 Å². The fourth-order valence-electron chi connectivity index (χ4n) is 1.77. The van der Waals surface area contributed by atoms with Gasteiger partial charge >= 0.3 is 5.97 Å². The van der Waals surface area contributed by atoms with Gasteiger partial charge in [-0.25, -0.2) is 4.39 Å². The van der Waals surface area contributed by atoms with Crippen molar-refractivity contribution in [1.82, 2.24) is 4.98 Å². The predicted octanol–water partition coefficient (Wildman–Crippen LogP) is 2.82. The molecular weight excluding hydrogens is 233 g/mol. The Morgan fingerprint density at radius 3 is 2.72 bits per heavy atom. The molecule has 0 fully saturated rings. The van der Waals surface area contributed by atoms with Crippen LogP contribution in [-0.4, -0.2) is 16.1 Å².